The first-order valence-corrected chi connectivity index (χ1v) is 6.71. The summed E-state index contributed by atoms with van der Waals surface area (Å²) in [5, 5.41) is 0. The number of aromatic nitrogens is 1. The first-order chi connectivity index (χ1) is 7.72. The van der Waals surface area contributed by atoms with Crippen LogP contribution >= 0.6 is 22.6 Å². The standard InChI is InChI=1S/C12H17IN2O/c1-9-4-3-7-15(9)8-10-11(13)5-6-14-12(10)16-2/h5-6,9H,3-4,7-8H2,1-2H3/t9-/m1/s1. The minimum absolute atomic E-state index is 0.681. The largest absolute Gasteiger partial charge is 0.481 e. The Morgan fingerprint density at radius 1 is 1.62 bits per heavy atom. The van der Waals surface area contributed by atoms with Gasteiger partial charge in [0.15, 0.2) is 0 Å². The molecule has 16 heavy (non-hydrogen) atoms. The summed E-state index contributed by atoms with van der Waals surface area (Å²) in [5.41, 5.74) is 1.22. The molecule has 0 unspecified atom stereocenters. The molecule has 1 atom stereocenters. The van der Waals surface area contributed by atoms with Crippen LogP contribution in [-0.4, -0.2) is 29.6 Å². The number of halogens is 1. The lowest BCUT2D eigenvalue weighted by Gasteiger charge is -2.22. The molecule has 4 heteroatoms. The molecule has 88 valence electrons. The van der Waals surface area contributed by atoms with E-state index in [1.54, 1.807) is 13.3 Å². The van der Waals surface area contributed by atoms with Crippen molar-refractivity contribution >= 4 is 22.6 Å². The van der Waals surface area contributed by atoms with E-state index < -0.39 is 0 Å². The molecule has 0 aliphatic carbocycles. The normalized spacial score (nSPS) is 21.3. The summed E-state index contributed by atoms with van der Waals surface area (Å²) in [7, 11) is 1.69. The zero-order chi connectivity index (χ0) is 11.5. The van der Waals surface area contributed by atoms with Gasteiger partial charge in [-0.3, -0.25) is 4.90 Å². The number of likely N-dealkylation sites (tertiary alicyclic amines) is 1. The third-order valence-electron chi connectivity index (χ3n) is 3.20. The van der Waals surface area contributed by atoms with E-state index in [1.807, 2.05) is 6.07 Å². The maximum absolute atomic E-state index is 5.33. The number of nitrogens with zero attached hydrogens (tertiary/aromatic N) is 2. The van der Waals surface area contributed by atoms with Crippen LogP contribution in [0.2, 0.25) is 0 Å². The van der Waals surface area contributed by atoms with Gasteiger partial charge in [0, 0.05) is 27.9 Å². The van der Waals surface area contributed by atoms with Crippen molar-refractivity contribution in [1.82, 2.24) is 9.88 Å². The average molecular weight is 332 g/mol. The van der Waals surface area contributed by atoms with Crippen molar-refractivity contribution < 1.29 is 4.74 Å². The SMILES string of the molecule is COc1nccc(I)c1CN1CCC[C@H]1C. The van der Waals surface area contributed by atoms with E-state index in [0.29, 0.717) is 6.04 Å². The predicted octanol–water partition coefficient (Wildman–Crippen LogP) is 2.68. The highest BCUT2D eigenvalue weighted by Gasteiger charge is 2.22. The fourth-order valence-corrected chi connectivity index (χ4v) is 2.76. The Hall–Kier alpha value is -0.360. The zero-order valence-electron chi connectivity index (χ0n) is 9.74. The molecule has 0 aromatic carbocycles. The molecule has 0 radical (unpaired) electrons. The van der Waals surface area contributed by atoms with Crippen LogP contribution in [0.3, 0.4) is 0 Å². The Balaban J connectivity index is 2.19. The van der Waals surface area contributed by atoms with Gasteiger partial charge in [-0.2, -0.15) is 0 Å². The lowest BCUT2D eigenvalue weighted by Crippen LogP contribution is -2.26. The molecule has 1 fully saturated rings. The Bertz CT molecular complexity index is 370. The molecule has 1 aliphatic rings. The first kappa shape index (κ1) is 12.1. The third-order valence-corrected chi connectivity index (χ3v) is 4.21. The summed E-state index contributed by atoms with van der Waals surface area (Å²) >= 11 is 2.36. The van der Waals surface area contributed by atoms with Gasteiger partial charge in [0.1, 0.15) is 0 Å². The molecule has 0 bridgehead atoms. The van der Waals surface area contributed by atoms with Crippen LogP contribution in [0.25, 0.3) is 0 Å². The summed E-state index contributed by atoms with van der Waals surface area (Å²) in [6, 6.07) is 2.72. The van der Waals surface area contributed by atoms with E-state index in [0.717, 1.165) is 12.4 Å². The van der Waals surface area contributed by atoms with Crippen LogP contribution in [0.4, 0.5) is 0 Å². The molecule has 0 amide bonds. The number of hydrogen-bond acceptors (Lipinski definition) is 3. The molecule has 0 spiro atoms. The van der Waals surface area contributed by atoms with Crippen LogP contribution in [0, 0.1) is 3.57 Å². The van der Waals surface area contributed by atoms with E-state index in [9.17, 15) is 0 Å². The Labute approximate surface area is 110 Å². The van der Waals surface area contributed by atoms with Gasteiger partial charge in [0.05, 0.1) is 7.11 Å². The molecule has 1 aromatic heterocycles. The summed E-state index contributed by atoms with van der Waals surface area (Å²) in [4.78, 5) is 6.77. The fourth-order valence-electron chi connectivity index (χ4n) is 2.20. The summed E-state index contributed by atoms with van der Waals surface area (Å²) in [6.45, 7) is 4.44. The van der Waals surface area contributed by atoms with E-state index >= 15 is 0 Å². The molecular formula is C12H17IN2O. The highest BCUT2D eigenvalue weighted by Crippen LogP contribution is 2.26. The molecule has 3 nitrogen and oxygen atoms in total. The zero-order valence-corrected chi connectivity index (χ0v) is 11.9. The van der Waals surface area contributed by atoms with Crippen molar-refractivity contribution in [3.05, 3.63) is 21.4 Å². The Morgan fingerprint density at radius 2 is 2.44 bits per heavy atom. The van der Waals surface area contributed by atoms with Gasteiger partial charge in [-0.25, -0.2) is 4.98 Å². The van der Waals surface area contributed by atoms with Crippen LogP contribution in [-0.2, 0) is 6.54 Å². The molecule has 0 saturated carbocycles. The summed E-state index contributed by atoms with van der Waals surface area (Å²) < 4.78 is 6.57. The summed E-state index contributed by atoms with van der Waals surface area (Å²) in [5.74, 6) is 0.769. The van der Waals surface area contributed by atoms with Crippen molar-refractivity contribution in [1.29, 1.82) is 0 Å². The van der Waals surface area contributed by atoms with Crippen molar-refractivity contribution in [2.24, 2.45) is 0 Å². The minimum Gasteiger partial charge on any atom is -0.481 e. The summed E-state index contributed by atoms with van der Waals surface area (Å²) in [6.07, 6.45) is 4.41. The highest BCUT2D eigenvalue weighted by molar-refractivity contribution is 14.1. The number of methoxy groups -OCH3 is 1. The highest BCUT2D eigenvalue weighted by atomic mass is 127. The number of ether oxygens (including phenoxy) is 1. The van der Waals surface area contributed by atoms with E-state index in [1.165, 1.54) is 28.5 Å². The first-order valence-electron chi connectivity index (χ1n) is 5.63. The van der Waals surface area contributed by atoms with Crippen molar-refractivity contribution in [2.75, 3.05) is 13.7 Å². The molecule has 2 rings (SSSR count). The van der Waals surface area contributed by atoms with E-state index in [2.05, 4.69) is 39.4 Å². The van der Waals surface area contributed by atoms with Gasteiger partial charge in [-0.15, -0.1) is 0 Å². The van der Waals surface area contributed by atoms with Crippen LogP contribution in [0.5, 0.6) is 5.88 Å². The monoisotopic (exact) mass is 332 g/mol. The molecule has 2 heterocycles. The van der Waals surface area contributed by atoms with Crippen molar-refractivity contribution in [3.8, 4) is 5.88 Å². The smallest absolute Gasteiger partial charge is 0.218 e. The van der Waals surface area contributed by atoms with Crippen LogP contribution in [0.15, 0.2) is 12.3 Å². The van der Waals surface area contributed by atoms with Crippen LogP contribution < -0.4 is 4.74 Å². The molecule has 1 aliphatic heterocycles. The van der Waals surface area contributed by atoms with Crippen molar-refractivity contribution in [3.63, 3.8) is 0 Å². The Morgan fingerprint density at radius 3 is 3.06 bits per heavy atom. The van der Waals surface area contributed by atoms with E-state index in [-0.39, 0.29) is 0 Å². The number of rotatable bonds is 3. The van der Waals surface area contributed by atoms with Crippen molar-refractivity contribution in [2.45, 2.75) is 32.4 Å². The second-order valence-electron chi connectivity index (χ2n) is 4.24. The Kier molecular flexibility index (Phi) is 4.02. The van der Waals surface area contributed by atoms with Crippen LogP contribution in [0.1, 0.15) is 25.3 Å². The second-order valence-corrected chi connectivity index (χ2v) is 5.40. The maximum atomic E-state index is 5.33. The van der Waals surface area contributed by atoms with Gasteiger partial charge in [-0.1, -0.05) is 0 Å². The predicted molar refractivity (Wildman–Crippen MR) is 72.6 cm³/mol. The topological polar surface area (TPSA) is 25.4 Å². The van der Waals surface area contributed by atoms with E-state index in [4.69, 9.17) is 4.74 Å². The third kappa shape index (κ3) is 2.48. The number of hydrogen-bond donors (Lipinski definition) is 0. The number of pyridine rings is 1. The minimum atomic E-state index is 0.681. The lowest BCUT2D eigenvalue weighted by molar-refractivity contribution is 0.254. The quantitative estimate of drug-likeness (QED) is 0.796. The maximum Gasteiger partial charge on any atom is 0.218 e. The fraction of sp³-hybridized carbons (Fsp3) is 0.583. The average Bonchev–Trinajstić information content (AvgIpc) is 2.67. The molecule has 1 aromatic rings. The van der Waals surface area contributed by atoms with Gasteiger partial charge >= 0.3 is 0 Å². The van der Waals surface area contributed by atoms with Gasteiger partial charge in [0.25, 0.3) is 0 Å². The second kappa shape index (κ2) is 5.31. The lowest BCUT2D eigenvalue weighted by atomic mass is 10.2. The van der Waals surface area contributed by atoms with Gasteiger partial charge in [0.2, 0.25) is 5.88 Å². The van der Waals surface area contributed by atoms with Gasteiger partial charge < -0.3 is 4.74 Å². The van der Waals surface area contributed by atoms with Gasteiger partial charge in [-0.05, 0) is 55.0 Å². The molecular weight excluding hydrogens is 315 g/mol. The molecule has 1 saturated heterocycles. The molecule has 0 N–H and O–H groups in total.